The first-order chi connectivity index (χ1) is 15.6. The van der Waals surface area contributed by atoms with Crippen molar-refractivity contribution in [1.82, 2.24) is 10.6 Å². The molecule has 0 bridgehead atoms. The number of para-hydroxylation sites is 2. The molecule has 0 aliphatic carbocycles. The molecule has 2 aliphatic rings. The molecule has 170 valence electrons. The molecule has 2 aromatic rings. The van der Waals surface area contributed by atoms with E-state index in [0.717, 1.165) is 24.2 Å². The topological polar surface area (TPSA) is 95.1 Å². The van der Waals surface area contributed by atoms with E-state index in [9.17, 15) is 9.59 Å². The summed E-state index contributed by atoms with van der Waals surface area (Å²) < 4.78 is 22.2. The van der Waals surface area contributed by atoms with Gasteiger partial charge in [-0.25, -0.2) is 0 Å². The Labute approximate surface area is 187 Å². The van der Waals surface area contributed by atoms with E-state index in [2.05, 4.69) is 10.6 Å². The lowest BCUT2D eigenvalue weighted by atomic mass is 9.74. The van der Waals surface area contributed by atoms with E-state index in [1.54, 1.807) is 7.11 Å². The molecule has 1 saturated heterocycles. The predicted molar refractivity (Wildman–Crippen MR) is 117 cm³/mol. The lowest BCUT2D eigenvalue weighted by Crippen LogP contribution is -2.50. The van der Waals surface area contributed by atoms with Crippen LogP contribution in [0, 0.1) is 0 Å². The van der Waals surface area contributed by atoms with Crippen molar-refractivity contribution in [1.29, 1.82) is 0 Å². The van der Waals surface area contributed by atoms with Crippen LogP contribution >= 0.6 is 0 Å². The van der Waals surface area contributed by atoms with Crippen molar-refractivity contribution in [2.75, 3.05) is 40.0 Å². The Balaban J connectivity index is 1.31. The Morgan fingerprint density at radius 1 is 1.00 bits per heavy atom. The van der Waals surface area contributed by atoms with Crippen LogP contribution in [0.15, 0.2) is 48.5 Å². The Morgan fingerprint density at radius 3 is 2.41 bits per heavy atom. The van der Waals surface area contributed by atoms with Gasteiger partial charge in [0.05, 0.1) is 13.7 Å². The summed E-state index contributed by atoms with van der Waals surface area (Å²) in [7, 11) is 1.63. The van der Waals surface area contributed by atoms with Crippen molar-refractivity contribution in [2.24, 2.45) is 0 Å². The first-order valence-corrected chi connectivity index (χ1v) is 10.8. The molecule has 0 spiro atoms. The van der Waals surface area contributed by atoms with Crippen molar-refractivity contribution in [2.45, 2.75) is 24.4 Å². The average Bonchev–Trinajstić information content (AvgIpc) is 2.86. The fourth-order valence-corrected chi connectivity index (χ4v) is 4.05. The molecule has 32 heavy (non-hydrogen) atoms. The van der Waals surface area contributed by atoms with Gasteiger partial charge in [0.2, 0.25) is 0 Å². The molecule has 8 heteroatoms. The summed E-state index contributed by atoms with van der Waals surface area (Å²) >= 11 is 0. The highest BCUT2D eigenvalue weighted by Gasteiger charge is 2.35. The highest BCUT2D eigenvalue weighted by molar-refractivity contribution is 6.35. The molecule has 2 heterocycles. The predicted octanol–water partition coefficient (Wildman–Crippen LogP) is 1.82. The van der Waals surface area contributed by atoms with Gasteiger partial charge in [-0.2, -0.15) is 0 Å². The molecule has 1 atom stereocenters. The number of methoxy groups -OCH3 is 1. The number of fused-ring (bicyclic) bond motifs is 1. The van der Waals surface area contributed by atoms with E-state index < -0.39 is 11.8 Å². The van der Waals surface area contributed by atoms with Crippen LogP contribution < -0.4 is 24.8 Å². The zero-order valence-electron chi connectivity index (χ0n) is 18.1. The van der Waals surface area contributed by atoms with Gasteiger partial charge in [-0.15, -0.1) is 0 Å². The quantitative estimate of drug-likeness (QED) is 0.666. The third-order valence-corrected chi connectivity index (χ3v) is 6.00. The molecule has 1 fully saturated rings. The van der Waals surface area contributed by atoms with Gasteiger partial charge in [0.25, 0.3) is 0 Å². The third-order valence-electron chi connectivity index (χ3n) is 6.00. The minimum absolute atomic E-state index is 0.179. The van der Waals surface area contributed by atoms with Crippen LogP contribution in [-0.4, -0.2) is 57.9 Å². The van der Waals surface area contributed by atoms with E-state index in [0.29, 0.717) is 37.9 Å². The molecule has 0 saturated carbocycles. The molecule has 4 rings (SSSR count). The second-order valence-corrected chi connectivity index (χ2v) is 8.01. The maximum atomic E-state index is 12.5. The van der Waals surface area contributed by atoms with E-state index in [1.807, 2.05) is 48.5 Å². The van der Waals surface area contributed by atoms with Gasteiger partial charge in [-0.1, -0.05) is 24.3 Å². The molecular formula is C24H28N2O6. The van der Waals surface area contributed by atoms with Crippen molar-refractivity contribution < 1.29 is 28.5 Å². The third kappa shape index (κ3) is 4.96. The van der Waals surface area contributed by atoms with Crippen molar-refractivity contribution in [3.8, 4) is 17.2 Å². The van der Waals surface area contributed by atoms with Crippen LogP contribution in [0.1, 0.15) is 18.4 Å². The van der Waals surface area contributed by atoms with Crippen LogP contribution in [0.5, 0.6) is 17.2 Å². The second-order valence-electron chi connectivity index (χ2n) is 8.01. The summed E-state index contributed by atoms with van der Waals surface area (Å²) in [6.07, 6.45) is 1.16. The van der Waals surface area contributed by atoms with E-state index in [1.165, 1.54) is 0 Å². The molecule has 2 aliphatic heterocycles. The highest BCUT2D eigenvalue weighted by Crippen LogP contribution is 2.35. The van der Waals surface area contributed by atoms with Gasteiger partial charge >= 0.3 is 11.8 Å². The maximum absolute atomic E-state index is 12.5. The lowest BCUT2D eigenvalue weighted by molar-refractivity contribution is -0.139. The van der Waals surface area contributed by atoms with Crippen LogP contribution in [-0.2, 0) is 19.7 Å². The number of carbonyl (C=O) groups is 2. The summed E-state index contributed by atoms with van der Waals surface area (Å²) in [6.45, 7) is 2.05. The van der Waals surface area contributed by atoms with Crippen molar-refractivity contribution >= 4 is 11.8 Å². The first kappa shape index (κ1) is 22.0. The van der Waals surface area contributed by atoms with E-state index >= 15 is 0 Å². The van der Waals surface area contributed by atoms with Crippen LogP contribution in [0.3, 0.4) is 0 Å². The van der Waals surface area contributed by atoms with E-state index in [-0.39, 0.29) is 18.1 Å². The largest absolute Gasteiger partial charge is 0.497 e. The number of carbonyl (C=O) groups excluding carboxylic acids is 2. The molecule has 2 aromatic carbocycles. The maximum Gasteiger partial charge on any atom is 0.309 e. The fourth-order valence-electron chi connectivity index (χ4n) is 4.05. The number of nitrogens with one attached hydrogen (secondary N) is 2. The number of hydrogen-bond acceptors (Lipinski definition) is 6. The zero-order valence-corrected chi connectivity index (χ0v) is 18.1. The summed E-state index contributed by atoms with van der Waals surface area (Å²) in [6, 6.07) is 15.2. The van der Waals surface area contributed by atoms with Gasteiger partial charge in [0.1, 0.15) is 18.5 Å². The van der Waals surface area contributed by atoms with Gasteiger partial charge < -0.3 is 29.6 Å². The number of benzene rings is 2. The van der Waals surface area contributed by atoms with Crippen LogP contribution in [0.25, 0.3) is 0 Å². The standard InChI is InChI=1S/C24H28N2O6/c1-29-18-8-6-17(7-9-18)24(10-12-30-13-11-24)16-26-23(28)22(27)25-14-19-15-31-20-4-2-3-5-21(20)32-19/h2-9,19H,10-16H2,1H3,(H,25,27)(H,26,28). The van der Waals surface area contributed by atoms with Gasteiger partial charge in [0.15, 0.2) is 11.5 Å². The Hall–Kier alpha value is -3.26. The summed E-state index contributed by atoms with van der Waals surface area (Å²) in [5.41, 5.74) is 0.804. The van der Waals surface area contributed by atoms with Gasteiger partial charge in [-0.05, 0) is 42.7 Å². The SMILES string of the molecule is COc1ccc(C2(CNC(=O)C(=O)NCC3COc4ccccc4O3)CCOCC2)cc1. The minimum Gasteiger partial charge on any atom is -0.497 e. The normalized spacial score (nSPS) is 19.0. The van der Waals surface area contributed by atoms with Gasteiger partial charge in [0, 0.05) is 25.2 Å². The zero-order chi connectivity index (χ0) is 22.4. The Kier molecular flexibility index (Phi) is 6.80. The second kappa shape index (κ2) is 9.91. The van der Waals surface area contributed by atoms with Crippen LogP contribution in [0.4, 0.5) is 0 Å². The molecule has 0 radical (unpaired) electrons. The number of rotatable bonds is 6. The molecule has 8 nitrogen and oxygen atoms in total. The number of ether oxygens (including phenoxy) is 4. The van der Waals surface area contributed by atoms with Crippen LogP contribution in [0.2, 0.25) is 0 Å². The summed E-state index contributed by atoms with van der Waals surface area (Å²) in [5, 5.41) is 5.45. The smallest absolute Gasteiger partial charge is 0.309 e. The average molecular weight is 440 g/mol. The molecule has 2 amide bonds. The van der Waals surface area contributed by atoms with E-state index in [4.69, 9.17) is 18.9 Å². The van der Waals surface area contributed by atoms with Crippen molar-refractivity contribution in [3.05, 3.63) is 54.1 Å². The lowest BCUT2D eigenvalue weighted by Gasteiger charge is -2.38. The Bertz CT molecular complexity index is 940. The highest BCUT2D eigenvalue weighted by atomic mass is 16.6. The number of amides is 2. The fraction of sp³-hybridized carbons (Fsp3) is 0.417. The van der Waals surface area contributed by atoms with Crippen molar-refractivity contribution in [3.63, 3.8) is 0 Å². The number of hydrogen-bond donors (Lipinski definition) is 2. The monoisotopic (exact) mass is 440 g/mol. The molecule has 2 N–H and O–H groups in total. The summed E-state index contributed by atoms with van der Waals surface area (Å²) in [4.78, 5) is 24.9. The first-order valence-electron chi connectivity index (χ1n) is 10.8. The molecular weight excluding hydrogens is 412 g/mol. The minimum atomic E-state index is -0.690. The molecule has 1 unspecified atom stereocenters. The molecule has 0 aromatic heterocycles. The Morgan fingerprint density at radius 2 is 1.69 bits per heavy atom. The van der Waals surface area contributed by atoms with Gasteiger partial charge in [-0.3, -0.25) is 9.59 Å². The summed E-state index contributed by atoms with van der Waals surface area (Å²) in [5.74, 6) is 0.721.